The van der Waals surface area contributed by atoms with Crippen LogP contribution in [0.3, 0.4) is 0 Å². The van der Waals surface area contributed by atoms with Gasteiger partial charge in [0.15, 0.2) is 6.61 Å². The molecule has 0 spiro atoms. The zero-order chi connectivity index (χ0) is 25.2. The first-order valence-electron chi connectivity index (χ1n) is 10.1. The Balaban J connectivity index is 1.61. The predicted octanol–water partition coefficient (Wildman–Crippen LogP) is 3.63. The van der Waals surface area contributed by atoms with Gasteiger partial charge in [0, 0.05) is 23.3 Å². The molecule has 4 rings (SSSR count). The maximum Gasteiger partial charge on any atom is 0.422 e. The number of nitrogens with zero attached hydrogens (tertiary/aromatic N) is 6. The van der Waals surface area contributed by atoms with Crippen LogP contribution in [0.25, 0.3) is 11.3 Å². The van der Waals surface area contributed by atoms with Gasteiger partial charge in [0.1, 0.15) is 34.4 Å². The summed E-state index contributed by atoms with van der Waals surface area (Å²) < 4.78 is 75.2. The summed E-state index contributed by atoms with van der Waals surface area (Å²) in [7, 11) is 0. The summed E-state index contributed by atoms with van der Waals surface area (Å²) >= 11 is 0. The molecule has 0 bridgehead atoms. The van der Waals surface area contributed by atoms with Crippen molar-refractivity contribution >= 4 is 0 Å². The minimum Gasteiger partial charge on any atom is -0.484 e. The van der Waals surface area contributed by atoms with Gasteiger partial charge in [0.05, 0.1) is 12.5 Å². The van der Waals surface area contributed by atoms with Crippen LogP contribution in [0.2, 0.25) is 0 Å². The fraction of sp³-hybridized carbons (Fsp3) is 0.286. The van der Waals surface area contributed by atoms with E-state index < -0.39 is 42.5 Å². The molecule has 9 nitrogen and oxygen atoms in total. The number of benzene rings is 2. The lowest BCUT2D eigenvalue weighted by Crippen LogP contribution is -2.38. The van der Waals surface area contributed by atoms with Gasteiger partial charge in [-0.25, -0.2) is 8.78 Å². The lowest BCUT2D eigenvalue weighted by atomic mass is 9.80. The second-order valence-electron chi connectivity index (χ2n) is 7.70. The molecule has 184 valence electrons. The Kier molecular flexibility index (Phi) is 6.47. The van der Waals surface area contributed by atoms with Crippen LogP contribution in [0, 0.1) is 11.6 Å². The van der Waals surface area contributed by atoms with Crippen molar-refractivity contribution in [2.24, 2.45) is 0 Å². The zero-order valence-corrected chi connectivity index (χ0v) is 17.9. The van der Waals surface area contributed by atoms with Crippen LogP contribution in [0.1, 0.15) is 24.2 Å². The van der Waals surface area contributed by atoms with E-state index in [4.69, 9.17) is 4.52 Å². The number of hydrogen-bond donors (Lipinski definition) is 1. The van der Waals surface area contributed by atoms with Gasteiger partial charge in [0.25, 0.3) is 0 Å². The summed E-state index contributed by atoms with van der Waals surface area (Å²) in [6.45, 7) is -0.289. The Morgan fingerprint density at radius 1 is 1.03 bits per heavy atom. The fourth-order valence-corrected chi connectivity index (χ4v) is 3.47. The maximum atomic E-state index is 14.7. The van der Waals surface area contributed by atoms with Crippen molar-refractivity contribution in [2.75, 3.05) is 6.61 Å². The van der Waals surface area contributed by atoms with Crippen molar-refractivity contribution in [3.63, 3.8) is 0 Å². The smallest absolute Gasteiger partial charge is 0.422 e. The highest BCUT2D eigenvalue weighted by atomic mass is 19.4. The van der Waals surface area contributed by atoms with Crippen molar-refractivity contribution in [3.05, 3.63) is 71.5 Å². The molecule has 0 saturated carbocycles. The van der Waals surface area contributed by atoms with Gasteiger partial charge in [-0.2, -0.15) is 13.2 Å². The van der Waals surface area contributed by atoms with Crippen LogP contribution in [-0.2, 0) is 12.1 Å². The van der Waals surface area contributed by atoms with Crippen molar-refractivity contribution in [1.29, 1.82) is 0 Å². The standard InChI is InChI=1S/C21H17F5N6O3/c1-12(20(33,10-32-30-28-29-31-32)16-7-4-14(22)8-17(16)23)19-9-18(27-35-19)13-2-5-15(6-3-13)34-11-21(24,25)26/h2-9,12,33H,10-11H2,1H3/t12-,20+/m0/s1. The molecule has 0 radical (unpaired) electrons. The molecule has 0 aliphatic heterocycles. The molecular formula is C21H17F5N6O3. The van der Waals surface area contributed by atoms with Crippen LogP contribution in [0.5, 0.6) is 5.75 Å². The molecule has 1 N–H and O–H groups in total. The van der Waals surface area contributed by atoms with Crippen LogP contribution < -0.4 is 4.74 Å². The van der Waals surface area contributed by atoms with Gasteiger partial charge in [-0.1, -0.05) is 18.1 Å². The van der Waals surface area contributed by atoms with E-state index >= 15 is 0 Å². The van der Waals surface area contributed by atoms with E-state index in [9.17, 15) is 27.1 Å². The average molecular weight is 496 g/mol. The predicted molar refractivity (Wildman–Crippen MR) is 108 cm³/mol. The van der Waals surface area contributed by atoms with E-state index in [2.05, 4.69) is 30.7 Å². The first kappa shape index (κ1) is 24.2. The molecule has 2 heterocycles. The molecule has 4 aromatic rings. The van der Waals surface area contributed by atoms with Crippen LogP contribution >= 0.6 is 0 Å². The molecule has 0 saturated heterocycles. The summed E-state index contributed by atoms with van der Waals surface area (Å²) in [4.78, 5) is 0.941. The number of hydrogen-bond acceptors (Lipinski definition) is 8. The topological polar surface area (TPSA) is 112 Å². The molecule has 2 atom stereocenters. The minimum absolute atomic E-state index is 0.0123. The van der Waals surface area contributed by atoms with Gasteiger partial charge >= 0.3 is 6.18 Å². The van der Waals surface area contributed by atoms with Crippen molar-refractivity contribution in [3.8, 4) is 17.0 Å². The molecule has 0 aliphatic rings. The molecular weight excluding hydrogens is 479 g/mol. The van der Waals surface area contributed by atoms with E-state index in [0.717, 1.165) is 16.9 Å². The molecule has 2 aromatic heterocycles. The van der Waals surface area contributed by atoms with E-state index in [1.165, 1.54) is 37.3 Å². The number of ether oxygens (including phenoxy) is 1. The highest BCUT2D eigenvalue weighted by Crippen LogP contribution is 2.40. The zero-order valence-electron chi connectivity index (χ0n) is 17.9. The molecule has 2 aromatic carbocycles. The number of alkyl halides is 3. The largest absolute Gasteiger partial charge is 0.484 e. The summed E-state index contributed by atoms with van der Waals surface area (Å²) in [5.74, 6) is -2.63. The highest BCUT2D eigenvalue weighted by molar-refractivity contribution is 5.60. The Hall–Kier alpha value is -3.94. The van der Waals surface area contributed by atoms with Crippen LogP contribution in [0.4, 0.5) is 22.0 Å². The lowest BCUT2D eigenvalue weighted by molar-refractivity contribution is -0.153. The van der Waals surface area contributed by atoms with Gasteiger partial charge < -0.3 is 14.4 Å². The average Bonchev–Trinajstić information content (AvgIpc) is 3.49. The first-order valence-corrected chi connectivity index (χ1v) is 10.1. The summed E-state index contributed by atoms with van der Waals surface area (Å²) in [6, 6.07) is 9.85. The van der Waals surface area contributed by atoms with E-state index in [1.807, 2.05) is 0 Å². The Morgan fingerprint density at radius 2 is 1.71 bits per heavy atom. The van der Waals surface area contributed by atoms with E-state index in [1.54, 1.807) is 0 Å². The SMILES string of the molecule is C[C@@H](c1cc(-c2ccc(OCC(F)(F)F)cc2)no1)[C@](O)(Cn1nnnn1)c1ccc(F)cc1F. The second-order valence-corrected chi connectivity index (χ2v) is 7.70. The van der Waals surface area contributed by atoms with Crippen molar-refractivity contribution in [2.45, 2.75) is 31.2 Å². The Bertz CT molecular complexity index is 1280. The Morgan fingerprint density at radius 3 is 2.34 bits per heavy atom. The monoisotopic (exact) mass is 496 g/mol. The normalized spacial score (nSPS) is 14.5. The molecule has 0 fully saturated rings. The van der Waals surface area contributed by atoms with Gasteiger partial charge in [-0.15, -0.1) is 4.80 Å². The number of aliphatic hydroxyl groups is 1. The second kappa shape index (κ2) is 9.37. The van der Waals surface area contributed by atoms with Crippen molar-refractivity contribution in [1.82, 2.24) is 30.8 Å². The quantitative estimate of drug-likeness (QED) is 0.368. The van der Waals surface area contributed by atoms with Crippen LogP contribution in [0.15, 0.2) is 53.1 Å². The molecule has 0 amide bonds. The van der Waals surface area contributed by atoms with E-state index in [0.29, 0.717) is 17.3 Å². The van der Waals surface area contributed by atoms with Gasteiger partial charge in [0.2, 0.25) is 0 Å². The van der Waals surface area contributed by atoms with E-state index in [-0.39, 0.29) is 17.1 Å². The summed E-state index contributed by atoms with van der Waals surface area (Å²) in [5.41, 5.74) is -1.48. The number of rotatable bonds is 8. The molecule has 35 heavy (non-hydrogen) atoms. The van der Waals surface area contributed by atoms with Crippen LogP contribution in [-0.4, -0.2) is 48.7 Å². The van der Waals surface area contributed by atoms with Gasteiger partial charge in [-0.05, 0) is 51.2 Å². The Labute approximate surface area is 194 Å². The molecule has 0 unspecified atom stereocenters. The lowest BCUT2D eigenvalue weighted by Gasteiger charge is -2.32. The first-order chi connectivity index (χ1) is 16.5. The van der Waals surface area contributed by atoms with Gasteiger partial charge in [-0.3, -0.25) is 0 Å². The number of halogens is 5. The minimum atomic E-state index is -4.46. The van der Waals surface area contributed by atoms with Crippen molar-refractivity contribution < 1.29 is 36.3 Å². The third-order valence-corrected chi connectivity index (χ3v) is 5.33. The third kappa shape index (κ3) is 5.42. The number of aromatic nitrogens is 6. The summed E-state index contributed by atoms with van der Waals surface area (Å²) in [6.07, 6.45) is -4.46. The molecule has 0 aliphatic carbocycles. The fourth-order valence-electron chi connectivity index (χ4n) is 3.47. The maximum absolute atomic E-state index is 14.7. The molecule has 14 heteroatoms. The summed E-state index contributed by atoms with van der Waals surface area (Å²) in [5, 5.41) is 29.4. The third-order valence-electron chi connectivity index (χ3n) is 5.33. The highest BCUT2D eigenvalue weighted by Gasteiger charge is 2.42.